The molecular weight excluding hydrogens is 340 g/mol. The van der Waals surface area contributed by atoms with E-state index in [1.165, 1.54) is 36.8 Å². The van der Waals surface area contributed by atoms with Crippen LogP contribution in [0.2, 0.25) is 0 Å². The van der Waals surface area contributed by atoms with Crippen molar-refractivity contribution in [3.63, 3.8) is 0 Å². The lowest BCUT2D eigenvalue weighted by atomic mass is 9.71. The first-order valence-electron chi connectivity index (χ1n) is 10.6. The highest BCUT2D eigenvalue weighted by Crippen LogP contribution is 2.52. The maximum Gasteiger partial charge on any atom is 0.226 e. The van der Waals surface area contributed by atoms with Gasteiger partial charge in [-0.05, 0) is 69.0 Å². The Balaban J connectivity index is 1.55. The van der Waals surface area contributed by atoms with Gasteiger partial charge in [0.1, 0.15) is 13.2 Å². The molecule has 1 N–H and O–H groups in total. The standard InChI is InChI=1S/C22H30N2O3/c1-15-17-12-19-20(27-11-10-26-19)13-18(17)22(6-2-3-7-22)14-24(15)21(25)16-4-8-23-9-5-16/h12-13,15-16,23H,2-11,14H2,1H3. The summed E-state index contributed by atoms with van der Waals surface area (Å²) < 4.78 is 11.7. The van der Waals surface area contributed by atoms with E-state index in [4.69, 9.17) is 9.47 Å². The second-order valence-electron chi connectivity index (χ2n) is 8.74. The number of fused-ring (bicyclic) bond motifs is 3. The fraction of sp³-hybridized carbons (Fsp3) is 0.682. The van der Waals surface area contributed by atoms with Crippen molar-refractivity contribution < 1.29 is 14.3 Å². The summed E-state index contributed by atoms with van der Waals surface area (Å²) >= 11 is 0. The van der Waals surface area contributed by atoms with Crippen molar-refractivity contribution in [1.82, 2.24) is 10.2 Å². The van der Waals surface area contributed by atoms with Crippen molar-refractivity contribution in [1.29, 1.82) is 0 Å². The average molecular weight is 370 g/mol. The van der Waals surface area contributed by atoms with Crippen LogP contribution in [-0.4, -0.2) is 43.7 Å². The number of amides is 1. The van der Waals surface area contributed by atoms with Crippen LogP contribution < -0.4 is 14.8 Å². The van der Waals surface area contributed by atoms with Gasteiger partial charge in [0.2, 0.25) is 5.91 Å². The molecule has 3 heterocycles. The zero-order valence-electron chi connectivity index (χ0n) is 16.3. The van der Waals surface area contributed by atoms with E-state index in [0.717, 1.165) is 44.0 Å². The fourth-order valence-electron chi connectivity index (χ4n) is 5.68. The summed E-state index contributed by atoms with van der Waals surface area (Å²) in [5.41, 5.74) is 2.78. The third-order valence-electron chi connectivity index (χ3n) is 7.21. The molecule has 1 spiro atoms. The molecule has 5 heteroatoms. The highest BCUT2D eigenvalue weighted by molar-refractivity contribution is 5.80. The number of nitrogens with one attached hydrogen (secondary N) is 1. The van der Waals surface area contributed by atoms with E-state index in [1.807, 2.05) is 0 Å². The van der Waals surface area contributed by atoms with Gasteiger partial charge in [0, 0.05) is 17.9 Å². The molecule has 2 fully saturated rings. The Morgan fingerprint density at radius 2 is 1.78 bits per heavy atom. The van der Waals surface area contributed by atoms with Gasteiger partial charge >= 0.3 is 0 Å². The van der Waals surface area contributed by atoms with Crippen LogP contribution in [0.5, 0.6) is 11.5 Å². The third kappa shape index (κ3) is 2.82. The second kappa shape index (κ2) is 6.69. The zero-order valence-corrected chi connectivity index (χ0v) is 16.3. The van der Waals surface area contributed by atoms with Crippen LogP contribution in [0, 0.1) is 5.92 Å². The average Bonchev–Trinajstić information content (AvgIpc) is 3.19. The van der Waals surface area contributed by atoms with E-state index < -0.39 is 0 Å². The lowest BCUT2D eigenvalue weighted by Gasteiger charge is -2.47. The smallest absolute Gasteiger partial charge is 0.226 e. The molecule has 3 aliphatic heterocycles. The van der Waals surface area contributed by atoms with E-state index in [2.05, 4.69) is 29.3 Å². The van der Waals surface area contributed by atoms with Gasteiger partial charge in [-0.1, -0.05) is 12.8 Å². The number of ether oxygens (including phenoxy) is 2. The highest BCUT2D eigenvalue weighted by atomic mass is 16.6. The van der Waals surface area contributed by atoms with E-state index in [1.54, 1.807) is 0 Å². The van der Waals surface area contributed by atoms with Gasteiger partial charge in [-0.25, -0.2) is 0 Å². The van der Waals surface area contributed by atoms with Gasteiger partial charge in [0.25, 0.3) is 0 Å². The first kappa shape index (κ1) is 17.4. The van der Waals surface area contributed by atoms with Crippen LogP contribution in [0.3, 0.4) is 0 Å². The molecule has 1 saturated carbocycles. The Kier molecular flexibility index (Phi) is 4.30. The van der Waals surface area contributed by atoms with E-state index in [0.29, 0.717) is 19.1 Å². The summed E-state index contributed by atoms with van der Waals surface area (Å²) in [6.45, 7) is 6.19. The minimum absolute atomic E-state index is 0.0975. The second-order valence-corrected chi connectivity index (χ2v) is 8.74. The maximum absolute atomic E-state index is 13.4. The summed E-state index contributed by atoms with van der Waals surface area (Å²) in [6, 6.07) is 4.50. The molecule has 1 atom stereocenters. The molecule has 146 valence electrons. The zero-order chi connectivity index (χ0) is 18.4. The summed E-state index contributed by atoms with van der Waals surface area (Å²) in [7, 11) is 0. The van der Waals surface area contributed by atoms with Gasteiger partial charge < -0.3 is 19.7 Å². The summed E-state index contributed by atoms with van der Waals surface area (Å²) in [4.78, 5) is 15.6. The summed E-state index contributed by atoms with van der Waals surface area (Å²) in [5.74, 6) is 2.26. The van der Waals surface area contributed by atoms with E-state index in [-0.39, 0.29) is 17.4 Å². The van der Waals surface area contributed by atoms with Crippen molar-refractivity contribution in [2.24, 2.45) is 5.92 Å². The van der Waals surface area contributed by atoms with Crippen molar-refractivity contribution in [3.8, 4) is 11.5 Å². The number of nitrogens with zero attached hydrogens (tertiary/aromatic N) is 1. The first-order valence-corrected chi connectivity index (χ1v) is 10.6. The van der Waals surface area contributed by atoms with Gasteiger partial charge in [-0.3, -0.25) is 4.79 Å². The lowest BCUT2D eigenvalue weighted by Crippen LogP contribution is -2.51. The van der Waals surface area contributed by atoms with Crippen molar-refractivity contribution >= 4 is 5.91 Å². The minimum atomic E-state index is 0.0975. The molecule has 1 amide bonds. The van der Waals surface area contributed by atoms with Crippen LogP contribution in [0.15, 0.2) is 12.1 Å². The Labute approximate surface area is 161 Å². The first-order chi connectivity index (χ1) is 13.2. The molecule has 5 rings (SSSR count). The molecule has 1 aromatic rings. The number of hydrogen-bond acceptors (Lipinski definition) is 4. The Bertz CT molecular complexity index is 735. The maximum atomic E-state index is 13.4. The normalized spacial score (nSPS) is 26.9. The van der Waals surface area contributed by atoms with Crippen molar-refractivity contribution in [2.75, 3.05) is 32.8 Å². The topological polar surface area (TPSA) is 50.8 Å². The molecule has 27 heavy (non-hydrogen) atoms. The monoisotopic (exact) mass is 370 g/mol. The Hall–Kier alpha value is -1.75. The summed E-state index contributed by atoms with van der Waals surface area (Å²) in [6.07, 6.45) is 6.76. The number of benzene rings is 1. The van der Waals surface area contributed by atoms with Crippen molar-refractivity contribution in [2.45, 2.75) is 56.9 Å². The molecule has 5 nitrogen and oxygen atoms in total. The number of piperidine rings is 1. The van der Waals surface area contributed by atoms with Gasteiger partial charge in [-0.2, -0.15) is 0 Å². The molecule has 0 bridgehead atoms. The van der Waals surface area contributed by atoms with Crippen LogP contribution in [0.1, 0.15) is 62.6 Å². The van der Waals surface area contributed by atoms with E-state index in [9.17, 15) is 4.79 Å². The van der Waals surface area contributed by atoms with Gasteiger partial charge in [0.05, 0.1) is 6.04 Å². The minimum Gasteiger partial charge on any atom is -0.486 e. The van der Waals surface area contributed by atoms with Crippen molar-refractivity contribution in [3.05, 3.63) is 23.3 Å². The lowest BCUT2D eigenvalue weighted by molar-refractivity contribution is -0.140. The number of rotatable bonds is 1. The largest absolute Gasteiger partial charge is 0.486 e. The highest BCUT2D eigenvalue weighted by Gasteiger charge is 2.47. The molecule has 0 aromatic heterocycles. The van der Waals surface area contributed by atoms with Crippen LogP contribution >= 0.6 is 0 Å². The fourth-order valence-corrected chi connectivity index (χ4v) is 5.68. The Morgan fingerprint density at radius 3 is 2.48 bits per heavy atom. The Morgan fingerprint density at radius 1 is 1.11 bits per heavy atom. The predicted molar refractivity (Wildman–Crippen MR) is 103 cm³/mol. The SMILES string of the molecule is CC1c2cc3c(cc2C2(CCCC2)CN1C(=O)C1CCNCC1)OCCO3. The molecule has 1 aliphatic carbocycles. The molecule has 1 aromatic carbocycles. The van der Waals surface area contributed by atoms with Gasteiger partial charge in [-0.15, -0.1) is 0 Å². The molecule has 1 unspecified atom stereocenters. The van der Waals surface area contributed by atoms with Gasteiger partial charge in [0.15, 0.2) is 11.5 Å². The number of hydrogen-bond donors (Lipinski definition) is 1. The molecule has 1 saturated heterocycles. The number of carbonyl (C=O) groups is 1. The number of carbonyl (C=O) groups excluding carboxylic acids is 1. The third-order valence-corrected chi connectivity index (χ3v) is 7.21. The molecule has 4 aliphatic rings. The van der Waals surface area contributed by atoms with E-state index >= 15 is 0 Å². The van der Waals surface area contributed by atoms with Crippen LogP contribution in [0.25, 0.3) is 0 Å². The predicted octanol–water partition coefficient (Wildman–Crippen LogP) is 3.17. The quantitative estimate of drug-likeness (QED) is 0.825. The summed E-state index contributed by atoms with van der Waals surface area (Å²) in [5, 5.41) is 3.38. The molecule has 0 radical (unpaired) electrons. The van der Waals surface area contributed by atoms with Crippen LogP contribution in [0.4, 0.5) is 0 Å². The van der Waals surface area contributed by atoms with Crippen LogP contribution in [-0.2, 0) is 10.2 Å². The molecular formula is C22H30N2O3.